The quantitative estimate of drug-likeness (QED) is 0.764. The molecule has 0 saturated carbocycles. The molecule has 21 heavy (non-hydrogen) atoms. The molecule has 118 valence electrons. The molecule has 0 aromatic heterocycles. The molecule has 1 aromatic rings. The van der Waals surface area contributed by atoms with Gasteiger partial charge in [-0.05, 0) is 25.0 Å². The van der Waals surface area contributed by atoms with Crippen molar-refractivity contribution in [2.75, 3.05) is 13.1 Å². The van der Waals surface area contributed by atoms with Crippen molar-refractivity contribution in [3.05, 3.63) is 28.5 Å². The molecule has 0 radical (unpaired) electrons. The second-order valence-electron chi connectivity index (χ2n) is 5.18. The lowest BCUT2D eigenvalue weighted by Gasteiger charge is -2.24. The van der Waals surface area contributed by atoms with Gasteiger partial charge < -0.3 is 0 Å². The first-order valence-corrected chi connectivity index (χ1v) is 9.36. The van der Waals surface area contributed by atoms with E-state index in [9.17, 15) is 12.8 Å². The van der Waals surface area contributed by atoms with Crippen molar-refractivity contribution in [1.29, 1.82) is 0 Å². The third kappa shape index (κ3) is 3.89. The van der Waals surface area contributed by atoms with Gasteiger partial charge in [0.05, 0.1) is 5.88 Å². The summed E-state index contributed by atoms with van der Waals surface area (Å²) in [4.78, 5) is -0.369. The number of rotatable bonds is 3. The number of benzene rings is 1. The summed E-state index contributed by atoms with van der Waals surface area (Å²) < 4.78 is 41.1. The Morgan fingerprint density at radius 1 is 1.10 bits per heavy atom. The number of sulfonamides is 1. The second-order valence-corrected chi connectivity index (χ2v) is 7.79. The summed E-state index contributed by atoms with van der Waals surface area (Å²) in [5.41, 5.74) is 0.106. The molecule has 0 atom stereocenters. The molecule has 0 unspecified atom stereocenters. The van der Waals surface area contributed by atoms with E-state index in [-0.39, 0.29) is 21.4 Å². The van der Waals surface area contributed by atoms with Crippen LogP contribution in [0.4, 0.5) is 4.39 Å². The van der Waals surface area contributed by atoms with Crippen LogP contribution in [-0.4, -0.2) is 25.8 Å². The van der Waals surface area contributed by atoms with Gasteiger partial charge in [-0.1, -0.05) is 30.9 Å². The van der Waals surface area contributed by atoms with Crippen LogP contribution in [0.25, 0.3) is 0 Å². The van der Waals surface area contributed by atoms with E-state index >= 15 is 0 Å². The van der Waals surface area contributed by atoms with E-state index in [0.717, 1.165) is 32.1 Å². The molecule has 1 aliphatic rings. The zero-order valence-corrected chi connectivity index (χ0v) is 13.9. The Hall–Kier alpha value is -0.360. The van der Waals surface area contributed by atoms with Crippen molar-refractivity contribution >= 4 is 33.2 Å². The summed E-state index contributed by atoms with van der Waals surface area (Å²) in [6.45, 7) is 0.842. The van der Waals surface area contributed by atoms with Gasteiger partial charge in [0, 0.05) is 23.7 Å². The summed E-state index contributed by atoms with van der Waals surface area (Å²) in [6, 6.07) is 2.53. The highest BCUT2D eigenvalue weighted by Gasteiger charge is 2.29. The Morgan fingerprint density at radius 3 is 2.24 bits per heavy atom. The average Bonchev–Trinajstić information content (AvgIpc) is 2.40. The first-order chi connectivity index (χ1) is 9.96. The molecular weight excluding hydrogens is 336 g/mol. The smallest absolute Gasteiger partial charge is 0.207 e. The molecule has 1 aromatic carbocycles. The molecule has 1 saturated heterocycles. The van der Waals surface area contributed by atoms with Gasteiger partial charge in [-0.15, -0.1) is 11.6 Å². The van der Waals surface area contributed by atoms with Crippen LogP contribution in [0.5, 0.6) is 0 Å². The van der Waals surface area contributed by atoms with Gasteiger partial charge in [0.1, 0.15) is 10.7 Å². The van der Waals surface area contributed by atoms with Crippen LogP contribution in [0.1, 0.15) is 37.7 Å². The topological polar surface area (TPSA) is 37.4 Å². The number of hydrogen-bond donors (Lipinski definition) is 0. The van der Waals surface area contributed by atoms with Crippen LogP contribution in [0.15, 0.2) is 17.0 Å². The zero-order valence-electron chi connectivity index (χ0n) is 11.6. The van der Waals surface area contributed by atoms with Gasteiger partial charge >= 0.3 is 0 Å². The predicted molar refractivity (Wildman–Crippen MR) is 82.8 cm³/mol. The average molecular weight is 354 g/mol. The molecule has 3 nitrogen and oxygen atoms in total. The van der Waals surface area contributed by atoms with E-state index in [1.54, 1.807) is 0 Å². The first kappa shape index (κ1) is 17.0. The molecular formula is C14H18Cl2FNO2S. The Kier molecular flexibility index (Phi) is 5.88. The maximum absolute atomic E-state index is 14.3. The van der Waals surface area contributed by atoms with Crippen LogP contribution < -0.4 is 0 Å². The van der Waals surface area contributed by atoms with E-state index in [1.807, 2.05) is 0 Å². The minimum absolute atomic E-state index is 0.106. The highest BCUT2D eigenvalue weighted by molar-refractivity contribution is 7.89. The molecule has 0 bridgehead atoms. The van der Waals surface area contributed by atoms with E-state index in [4.69, 9.17) is 23.2 Å². The molecule has 7 heteroatoms. The molecule has 2 rings (SSSR count). The fourth-order valence-electron chi connectivity index (χ4n) is 2.50. The van der Waals surface area contributed by atoms with Crippen molar-refractivity contribution in [1.82, 2.24) is 4.31 Å². The van der Waals surface area contributed by atoms with Crippen molar-refractivity contribution in [2.24, 2.45) is 0 Å². The molecule has 1 aliphatic heterocycles. The molecule has 0 amide bonds. The summed E-state index contributed by atoms with van der Waals surface area (Å²) in [5, 5.41) is 0.178. The summed E-state index contributed by atoms with van der Waals surface area (Å²) in [7, 11) is -3.87. The number of hydrogen-bond acceptors (Lipinski definition) is 2. The van der Waals surface area contributed by atoms with Crippen LogP contribution >= 0.6 is 23.2 Å². The lowest BCUT2D eigenvalue weighted by molar-refractivity contribution is 0.362. The standard InChI is InChI=1S/C14H18Cl2FNO2S/c15-10-11-8-12(16)9-13(14(11)17)21(19,20)18-6-4-2-1-3-5-7-18/h8-9H,1-7,10H2. The van der Waals surface area contributed by atoms with Crippen LogP contribution in [-0.2, 0) is 15.9 Å². The lowest BCUT2D eigenvalue weighted by atomic mass is 10.1. The van der Waals surface area contributed by atoms with Crippen molar-refractivity contribution < 1.29 is 12.8 Å². The molecule has 1 fully saturated rings. The Labute approximate surface area is 135 Å². The third-order valence-electron chi connectivity index (χ3n) is 3.66. The predicted octanol–water partition coefficient (Wildman–Crippen LogP) is 4.17. The van der Waals surface area contributed by atoms with Gasteiger partial charge in [0.15, 0.2) is 0 Å². The Balaban J connectivity index is 2.40. The van der Waals surface area contributed by atoms with Crippen LogP contribution in [0.2, 0.25) is 5.02 Å². The SMILES string of the molecule is O=S(=O)(c1cc(Cl)cc(CCl)c1F)N1CCCCCCC1. The maximum atomic E-state index is 14.3. The van der Waals surface area contributed by atoms with E-state index in [0.29, 0.717) is 13.1 Å². The minimum atomic E-state index is -3.87. The van der Waals surface area contributed by atoms with E-state index in [2.05, 4.69) is 0 Å². The summed E-state index contributed by atoms with van der Waals surface area (Å²) >= 11 is 11.5. The fourth-order valence-corrected chi connectivity index (χ4v) is 4.65. The highest BCUT2D eigenvalue weighted by atomic mass is 35.5. The molecule has 0 aliphatic carbocycles. The monoisotopic (exact) mass is 353 g/mol. The van der Waals surface area contributed by atoms with Crippen molar-refractivity contribution in [2.45, 2.75) is 42.9 Å². The van der Waals surface area contributed by atoms with E-state index < -0.39 is 15.8 Å². The van der Waals surface area contributed by atoms with Crippen molar-refractivity contribution in [3.63, 3.8) is 0 Å². The molecule has 0 spiro atoms. The Morgan fingerprint density at radius 2 is 1.67 bits per heavy atom. The second kappa shape index (κ2) is 7.27. The number of halogens is 3. The number of alkyl halides is 1. The Bertz CT molecular complexity index is 599. The van der Waals surface area contributed by atoms with Crippen LogP contribution in [0, 0.1) is 5.82 Å². The van der Waals surface area contributed by atoms with Crippen molar-refractivity contribution in [3.8, 4) is 0 Å². The largest absolute Gasteiger partial charge is 0.246 e. The lowest BCUT2D eigenvalue weighted by Crippen LogP contribution is -2.34. The summed E-state index contributed by atoms with van der Waals surface area (Å²) in [5.74, 6) is -0.911. The highest BCUT2D eigenvalue weighted by Crippen LogP contribution is 2.28. The van der Waals surface area contributed by atoms with Gasteiger partial charge in [0.2, 0.25) is 10.0 Å². The third-order valence-corrected chi connectivity index (χ3v) is 6.06. The summed E-state index contributed by atoms with van der Waals surface area (Å²) in [6.07, 6.45) is 4.71. The van der Waals surface area contributed by atoms with Crippen LogP contribution in [0.3, 0.4) is 0 Å². The van der Waals surface area contributed by atoms with Gasteiger partial charge in [-0.3, -0.25) is 0 Å². The molecule has 0 N–H and O–H groups in total. The van der Waals surface area contributed by atoms with Gasteiger partial charge in [0.25, 0.3) is 0 Å². The van der Waals surface area contributed by atoms with E-state index in [1.165, 1.54) is 16.4 Å². The number of nitrogens with zero attached hydrogens (tertiary/aromatic N) is 1. The van der Waals surface area contributed by atoms with Gasteiger partial charge in [-0.25, -0.2) is 12.8 Å². The normalized spacial score (nSPS) is 18.2. The van der Waals surface area contributed by atoms with Gasteiger partial charge in [-0.2, -0.15) is 4.31 Å². The zero-order chi connectivity index (χ0) is 15.5. The maximum Gasteiger partial charge on any atom is 0.246 e. The minimum Gasteiger partial charge on any atom is -0.207 e. The molecule has 1 heterocycles. The first-order valence-electron chi connectivity index (χ1n) is 7.01. The fraction of sp³-hybridized carbons (Fsp3) is 0.571.